The second kappa shape index (κ2) is 4.28. The van der Waals surface area contributed by atoms with Gasteiger partial charge in [-0.3, -0.25) is 0 Å². The number of rotatable bonds is 1. The molecule has 1 saturated heterocycles. The number of hydrogen-bond acceptors (Lipinski definition) is 4. The van der Waals surface area contributed by atoms with Gasteiger partial charge < -0.3 is 15.2 Å². The molecule has 1 heterocycles. The molecule has 0 spiro atoms. The van der Waals surface area contributed by atoms with Crippen molar-refractivity contribution >= 4 is 5.97 Å². The molecule has 1 fully saturated rings. The Morgan fingerprint density at radius 3 is 2.50 bits per heavy atom. The van der Waals surface area contributed by atoms with Crippen LogP contribution >= 0.6 is 0 Å². The molecule has 82 valence electrons. The molecule has 2 atom stereocenters. The minimum absolute atomic E-state index is 0.0636. The molecule has 0 aromatic carbocycles. The lowest BCUT2D eigenvalue weighted by Crippen LogP contribution is -2.41. The van der Waals surface area contributed by atoms with E-state index in [2.05, 4.69) is 0 Å². The molecule has 0 aromatic heterocycles. The van der Waals surface area contributed by atoms with E-state index in [9.17, 15) is 4.79 Å². The average molecular weight is 201 g/mol. The van der Waals surface area contributed by atoms with Crippen LogP contribution in [0.3, 0.4) is 0 Å². The Kier molecular flexibility index (Phi) is 3.50. The van der Waals surface area contributed by atoms with E-state index in [0.717, 1.165) is 6.42 Å². The fourth-order valence-electron chi connectivity index (χ4n) is 1.33. The highest BCUT2D eigenvalue weighted by Gasteiger charge is 2.29. The fraction of sp³-hybridized carbons (Fsp3) is 0.900. The van der Waals surface area contributed by atoms with E-state index in [1.807, 2.05) is 20.8 Å². The molecule has 0 amide bonds. The van der Waals surface area contributed by atoms with Gasteiger partial charge in [-0.1, -0.05) is 0 Å². The molecule has 0 bridgehead atoms. The average Bonchev–Trinajstić information content (AvgIpc) is 2.02. The molecule has 0 saturated carbocycles. The first-order valence-electron chi connectivity index (χ1n) is 4.98. The summed E-state index contributed by atoms with van der Waals surface area (Å²) in [5.41, 5.74) is 5.20. The van der Waals surface area contributed by atoms with Crippen molar-refractivity contribution in [1.82, 2.24) is 0 Å². The van der Waals surface area contributed by atoms with Crippen LogP contribution in [0.1, 0.15) is 33.6 Å². The van der Waals surface area contributed by atoms with Crippen LogP contribution in [0.2, 0.25) is 0 Å². The summed E-state index contributed by atoms with van der Waals surface area (Å²) < 4.78 is 10.5. The second-order valence-corrected chi connectivity index (χ2v) is 4.69. The van der Waals surface area contributed by atoms with Crippen molar-refractivity contribution in [3.05, 3.63) is 0 Å². The third-order valence-corrected chi connectivity index (χ3v) is 1.98. The molecule has 0 aromatic rings. The molecule has 1 aliphatic heterocycles. The van der Waals surface area contributed by atoms with Crippen LogP contribution in [0.4, 0.5) is 0 Å². The normalized spacial score (nSPS) is 28.6. The van der Waals surface area contributed by atoms with Gasteiger partial charge in [0.2, 0.25) is 0 Å². The number of carbonyl (C=O) groups is 1. The fourth-order valence-corrected chi connectivity index (χ4v) is 1.33. The smallest absolute Gasteiger partial charge is 0.335 e. The molecule has 0 radical (unpaired) electrons. The quantitative estimate of drug-likeness (QED) is 0.638. The standard InChI is InChI=1S/C10H19NO3/c1-10(2,3)14-9(12)8-5-4-7(11)6-13-8/h7-8H,4-6,11H2,1-3H3. The zero-order valence-electron chi connectivity index (χ0n) is 9.08. The molecule has 2 unspecified atom stereocenters. The van der Waals surface area contributed by atoms with Crippen LogP contribution < -0.4 is 5.73 Å². The van der Waals surface area contributed by atoms with Gasteiger partial charge in [0, 0.05) is 6.04 Å². The summed E-state index contributed by atoms with van der Waals surface area (Å²) in [6, 6.07) is 0.0636. The van der Waals surface area contributed by atoms with Crippen LogP contribution in [0, 0.1) is 0 Å². The summed E-state index contributed by atoms with van der Waals surface area (Å²) in [6.45, 7) is 5.99. The molecular weight excluding hydrogens is 182 g/mol. The van der Waals surface area contributed by atoms with E-state index < -0.39 is 11.7 Å². The van der Waals surface area contributed by atoms with Crippen LogP contribution in [-0.2, 0) is 14.3 Å². The van der Waals surface area contributed by atoms with E-state index >= 15 is 0 Å². The van der Waals surface area contributed by atoms with Gasteiger partial charge >= 0.3 is 5.97 Å². The maximum Gasteiger partial charge on any atom is 0.335 e. The second-order valence-electron chi connectivity index (χ2n) is 4.69. The first-order chi connectivity index (χ1) is 6.38. The summed E-state index contributed by atoms with van der Waals surface area (Å²) in [6.07, 6.45) is 1.06. The van der Waals surface area contributed by atoms with Crippen molar-refractivity contribution in [3.8, 4) is 0 Å². The van der Waals surface area contributed by atoms with Gasteiger partial charge in [0.1, 0.15) is 5.60 Å². The van der Waals surface area contributed by atoms with Gasteiger partial charge in [-0.25, -0.2) is 4.79 Å². The van der Waals surface area contributed by atoms with Gasteiger partial charge in [0.25, 0.3) is 0 Å². The van der Waals surface area contributed by atoms with Gasteiger partial charge in [-0.15, -0.1) is 0 Å². The Hall–Kier alpha value is -0.610. The van der Waals surface area contributed by atoms with E-state index in [1.165, 1.54) is 0 Å². The third kappa shape index (κ3) is 3.64. The predicted molar refractivity (Wildman–Crippen MR) is 52.8 cm³/mol. The lowest BCUT2D eigenvalue weighted by atomic mass is 10.1. The lowest BCUT2D eigenvalue weighted by Gasteiger charge is -2.28. The third-order valence-electron chi connectivity index (χ3n) is 1.98. The van der Waals surface area contributed by atoms with E-state index in [1.54, 1.807) is 0 Å². The maximum atomic E-state index is 11.5. The van der Waals surface area contributed by atoms with E-state index in [-0.39, 0.29) is 12.0 Å². The summed E-state index contributed by atoms with van der Waals surface area (Å²) in [5.74, 6) is -0.274. The predicted octanol–water partition coefficient (Wildman–Crippen LogP) is 0.834. The van der Waals surface area contributed by atoms with Crippen molar-refractivity contribution in [2.75, 3.05) is 6.61 Å². The van der Waals surface area contributed by atoms with Gasteiger partial charge in [0.15, 0.2) is 6.10 Å². The SMILES string of the molecule is CC(C)(C)OC(=O)C1CCC(N)CO1. The summed E-state index contributed by atoms with van der Waals surface area (Å²) in [5, 5.41) is 0. The topological polar surface area (TPSA) is 61.5 Å². The zero-order chi connectivity index (χ0) is 10.8. The highest BCUT2D eigenvalue weighted by atomic mass is 16.6. The molecule has 2 N–H and O–H groups in total. The van der Waals surface area contributed by atoms with Gasteiger partial charge in [-0.2, -0.15) is 0 Å². The molecule has 4 nitrogen and oxygen atoms in total. The van der Waals surface area contributed by atoms with Crippen molar-refractivity contribution < 1.29 is 14.3 Å². The van der Waals surface area contributed by atoms with Crippen LogP contribution in [0.5, 0.6) is 0 Å². The van der Waals surface area contributed by atoms with Crippen molar-refractivity contribution in [1.29, 1.82) is 0 Å². The molecule has 1 rings (SSSR count). The molecule has 14 heavy (non-hydrogen) atoms. The number of esters is 1. The minimum atomic E-state index is -0.444. The Balaban J connectivity index is 2.38. The molecule has 4 heteroatoms. The summed E-state index contributed by atoms with van der Waals surface area (Å²) >= 11 is 0. The largest absolute Gasteiger partial charge is 0.458 e. The van der Waals surface area contributed by atoms with Crippen LogP contribution in [-0.4, -0.2) is 30.3 Å². The summed E-state index contributed by atoms with van der Waals surface area (Å²) in [4.78, 5) is 11.5. The maximum absolute atomic E-state index is 11.5. The highest BCUT2D eigenvalue weighted by molar-refractivity contribution is 5.75. The Morgan fingerprint density at radius 1 is 1.43 bits per heavy atom. The Labute approximate surface area is 84.7 Å². The van der Waals surface area contributed by atoms with Crippen molar-refractivity contribution in [2.24, 2.45) is 5.73 Å². The Morgan fingerprint density at radius 2 is 2.07 bits per heavy atom. The minimum Gasteiger partial charge on any atom is -0.458 e. The van der Waals surface area contributed by atoms with E-state index in [4.69, 9.17) is 15.2 Å². The van der Waals surface area contributed by atoms with Crippen molar-refractivity contribution in [3.63, 3.8) is 0 Å². The van der Waals surface area contributed by atoms with Gasteiger partial charge in [-0.05, 0) is 33.6 Å². The molecular formula is C10H19NO3. The van der Waals surface area contributed by atoms with Crippen LogP contribution in [0.15, 0.2) is 0 Å². The van der Waals surface area contributed by atoms with Crippen molar-refractivity contribution in [2.45, 2.75) is 51.4 Å². The molecule has 1 aliphatic rings. The number of carbonyl (C=O) groups excluding carboxylic acids is 1. The number of nitrogens with two attached hydrogens (primary N) is 1. The van der Waals surface area contributed by atoms with Crippen LogP contribution in [0.25, 0.3) is 0 Å². The molecule has 0 aliphatic carbocycles. The lowest BCUT2D eigenvalue weighted by molar-refractivity contribution is -0.171. The Bertz CT molecular complexity index is 202. The monoisotopic (exact) mass is 201 g/mol. The first kappa shape index (κ1) is 11.5. The first-order valence-corrected chi connectivity index (χ1v) is 4.98. The number of hydrogen-bond donors (Lipinski definition) is 1. The number of ether oxygens (including phenoxy) is 2. The zero-order valence-corrected chi connectivity index (χ0v) is 9.08. The highest BCUT2D eigenvalue weighted by Crippen LogP contribution is 2.16. The van der Waals surface area contributed by atoms with E-state index in [0.29, 0.717) is 13.0 Å². The summed E-state index contributed by atoms with van der Waals surface area (Å²) in [7, 11) is 0. The van der Waals surface area contributed by atoms with Gasteiger partial charge in [0.05, 0.1) is 6.61 Å².